The predicted octanol–water partition coefficient (Wildman–Crippen LogP) is 20.0. The van der Waals surface area contributed by atoms with Crippen molar-refractivity contribution in [2.45, 2.75) is 13.8 Å². The van der Waals surface area contributed by atoms with E-state index in [-0.39, 0.29) is 0 Å². The molecule has 3 aromatic heterocycles. The summed E-state index contributed by atoms with van der Waals surface area (Å²) in [6.45, 7) is 4.22. The van der Waals surface area contributed by atoms with Crippen LogP contribution in [0.15, 0.2) is 286 Å². The van der Waals surface area contributed by atoms with Crippen LogP contribution >= 0.6 is 0 Å². The van der Waals surface area contributed by atoms with E-state index in [0.717, 1.165) is 122 Å². The first kappa shape index (κ1) is 47.6. The number of fused-ring (bicyclic) bond motifs is 1. The van der Waals surface area contributed by atoms with Crippen LogP contribution < -0.4 is 0 Å². The van der Waals surface area contributed by atoms with Gasteiger partial charge in [0, 0.05) is 40.7 Å². The summed E-state index contributed by atoms with van der Waals surface area (Å²) in [5.41, 5.74) is 26.8. The molecule has 368 valence electrons. The number of rotatable bonds is 11. The summed E-state index contributed by atoms with van der Waals surface area (Å²) < 4.78 is 0. The van der Waals surface area contributed by atoms with Crippen molar-refractivity contribution in [1.82, 2.24) is 15.0 Å². The topological polar surface area (TPSA) is 38.7 Å². The molecule has 0 bridgehead atoms. The Morgan fingerprint density at radius 1 is 0.205 bits per heavy atom. The summed E-state index contributed by atoms with van der Waals surface area (Å²) >= 11 is 0. The second-order valence-corrected chi connectivity index (χ2v) is 20.2. The molecule has 0 saturated heterocycles. The van der Waals surface area contributed by atoms with Gasteiger partial charge in [-0.2, -0.15) is 0 Å². The van der Waals surface area contributed by atoms with Gasteiger partial charge in [0.05, 0.1) is 17.1 Å². The first-order valence-corrected chi connectivity index (χ1v) is 26.6. The van der Waals surface area contributed by atoms with E-state index >= 15 is 0 Å². The molecule has 3 heteroatoms. The van der Waals surface area contributed by atoms with Crippen LogP contribution in [0.25, 0.3) is 134 Å². The molecule has 13 rings (SSSR count). The van der Waals surface area contributed by atoms with Gasteiger partial charge < -0.3 is 0 Å². The molecule has 0 aliphatic rings. The van der Waals surface area contributed by atoms with E-state index in [4.69, 9.17) is 15.0 Å². The molecule has 0 radical (unpaired) electrons. The van der Waals surface area contributed by atoms with Crippen molar-refractivity contribution in [3.05, 3.63) is 297 Å². The van der Waals surface area contributed by atoms with Gasteiger partial charge in [0.15, 0.2) is 0 Å². The van der Waals surface area contributed by atoms with Gasteiger partial charge in [0.1, 0.15) is 0 Å². The molecule has 0 aliphatic carbocycles. The van der Waals surface area contributed by atoms with Crippen LogP contribution in [0.3, 0.4) is 0 Å². The second kappa shape index (κ2) is 20.9. The van der Waals surface area contributed by atoms with Crippen LogP contribution in [0.2, 0.25) is 0 Å². The lowest BCUT2D eigenvalue weighted by atomic mass is 9.84. The van der Waals surface area contributed by atoms with Crippen LogP contribution in [-0.4, -0.2) is 15.0 Å². The summed E-state index contributed by atoms with van der Waals surface area (Å²) in [6.07, 6.45) is 5.76. The van der Waals surface area contributed by atoms with Gasteiger partial charge in [-0.05, 0) is 180 Å². The number of hydrogen-bond donors (Lipinski definition) is 0. The fourth-order valence-corrected chi connectivity index (χ4v) is 11.0. The molecule has 13 aromatic rings. The highest BCUT2D eigenvalue weighted by atomic mass is 14.7. The van der Waals surface area contributed by atoms with E-state index in [0.29, 0.717) is 0 Å². The highest BCUT2D eigenvalue weighted by Gasteiger charge is 2.19. The van der Waals surface area contributed by atoms with Crippen molar-refractivity contribution in [3.63, 3.8) is 0 Å². The fraction of sp³-hybridized carbons (Fsp3) is 0.0267. The van der Waals surface area contributed by atoms with Crippen molar-refractivity contribution in [2.75, 3.05) is 0 Å². The van der Waals surface area contributed by atoms with Crippen LogP contribution in [-0.2, 0) is 0 Å². The summed E-state index contributed by atoms with van der Waals surface area (Å²) in [5, 5.41) is 2.29. The first-order chi connectivity index (χ1) is 38.5. The minimum absolute atomic E-state index is 0.937. The van der Waals surface area contributed by atoms with E-state index in [9.17, 15) is 0 Å². The van der Waals surface area contributed by atoms with Gasteiger partial charge >= 0.3 is 0 Å². The number of nitrogens with zero attached hydrogens (tertiary/aromatic N) is 3. The van der Waals surface area contributed by atoms with E-state index in [1.54, 1.807) is 0 Å². The van der Waals surface area contributed by atoms with Gasteiger partial charge in [-0.15, -0.1) is 0 Å². The second-order valence-electron chi connectivity index (χ2n) is 20.2. The third-order valence-electron chi connectivity index (χ3n) is 15.0. The lowest BCUT2D eigenvalue weighted by Gasteiger charge is -2.19. The minimum atomic E-state index is 0.937. The predicted molar refractivity (Wildman–Crippen MR) is 327 cm³/mol. The lowest BCUT2D eigenvalue weighted by Crippen LogP contribution is -1.94. The van der Waals surface area contributed by atoms with Crippen molar-refractivity contribution in [3.8, 4) is 123 Å². The molecular weight excluding hydrogens is 943 g/mol. The minimum Gasteiger partial charge on any atom is -0.256 e. The summed E-state index contributed by atoms with van der Waals surface area (Å²) in [7, 11) is 0. The summed E-state index contributed by atoms with van der Waals surface area (Å²) in [6, 6.07) is 96.9. The Morgan fingerprint density at radius 3 is 1.15 bits per heavy atom. The van der Waals surface area contributed by atoms with Crippen LogP contribution in [0.5, 0.6) is 0 Å². The quantitative estimate of drug-likeness (QED) is 0.130. The molecule has 10 aromatic carbocycles. The Bertz CT molecular complexity index is 4180. The molecule has 3 nitrogen and oxygen atoms in total. The van der Waals surface area contributed by atoms with Gasteiger partial charge in [-0.3, -0.25) is 15.0 Å². The molecule has 0 aliphatic heterocycles. The number of aromatic nitrogens is 3. The Labute approximate surface area is 456 Å². The molecular formula is C75H53N3. The fourth-order valence-electron chi connectivity index (χ4n) is 11.0. The van der Waals surface area contributed by atoms with Gasteiger partial charge in [0.25, 0.3) is 0 Å². The van der Waals surface area contributed by atoms with Crippen molar-refractivity contribution < 1.29 is 0 Å². The van der Waals surface area contributed by atoms with E-state index in [1.165, 1.54) is 22.3 Å². The van der Waals surface area contributed by atoms with E-state index in [1.807, 2.05) is 30.7 Å². The third-order valence-corrected chi connectivity index (χ3v) is 15.0. The maximum atomic E-state index is 5.02. The molecule has 0 atom stereocenters. The maximum absolute atomic E-state index is 5.02. The van der Waals surface area contributed by atoms with Crippen LogP contribution in [0, 0.1) is 13.8 Å². The number of pyridine rings is 3. The van der Waals surface area contributed by atoms with Crippen LogP contribution in [0.1, 0.15) is 11.1 Å². The monoisotopic (exact) mass is 995 g/mol. The van der Waals surface area contributed by atoms with Crippen molar-refractivity contribution >= 4 is 10.8 Å². The molecule has 0 amide bonds. The zero-order chi connectivity index (χ0) is 52.4. The largest absolute Gasteiger partial charge is 0.256 e. The molecule has 0 unspecified atom stereocenters. The molecule has 0 saturated carbocycles. The smallest absolute Gasteiger partial charge is 0.0708 e. The van der Waals surface area contributed by atoms with E-state index in [2.05, 4.69) is 269 Å². The Morgan fingerprint density at radius 2 is 0.603 bits per heavy atom. The molecule has 0 spiro atoms. The average molecular weight is 996 g/mol. The number of benzene rings is 10. The average Bonchev–Trinajstić information content (AvgIpc) is 3.56. The highest BCUT2D eigenvalue weighted by Crippen LogP contribution is 2.45. The molecule has 3 heterocycles. The normalized spacial score (nSPS) is 11.2. The van der Waals surface area contributed by atoms with Crippen LogP contribution in [0.4, 0.5) is 0 Å². The van der Waals surface area contributed by atoms with Crippen molar-refractivity contribution in [1.29, 1.82) is 0 Å². The lowest BCUT2D eigenvalue weighted by molar-refractivity contribution is 1.29. The van der Waals surface area contributed by atoms with Gasteiger partial charge in [-0.25, -0.2) is 0 Å². The standard InChI is InChI=1S/C75H53N3/c1-50-37-39-76-73(41-50)55-31-27-53(28-32-55)65-21-8-10-23-67(65)62-44-63(68-24-11-9-22-66(68)54-29-33-56(34-30-54)74-42-51(2)38-40-77-74)46-64(45-62)69-25-12-13-26-70(69)71-36-35-60(75-48-58-17-6-7-18-61(58)49-78-75)47-72(71)59-20-14-19-57(43-59)52-15-4-3-5-16-52/h3-49H,1-2H3. The Kier molecular flexibility index (Phi) is 12.8. The maximum Gasteiger partial charge on any atom is 0.0708 e. The summed E-state index contributed by atoms with van der Waals surface area (Å²) in [5.74, 6) is 0. The molecule has 0 N–H and O–H groups in total. The zero-order valence-electron chi connectivity index (χ0n) is 43.5. The SMILES string of the molecule is Cc1ccnc(-c2ccc(-c3ccccc3-c3cc(-c4ccccc4-c4ccc(-c5cc(C)ccn5)cc4)cc(-c4ccccc4-c4ccc(-c5cc6ccccc6cn5)cc4-c4cccc(-c5ccccc5)c4)c3)cc2)c1. The highest BCUT2D eigenvalue weighted by molar-refractivity contribution is 5.98. The molecule has 0 fully saturated rings. The number of hydrogen-bond acceptors (Lipinski definition) is 3. The summed E-state index contributed by atoms with van der Waals surface area (Å²) in [4.78, 5) is 14.4. The zero-order valence-corrected chi connectivity index (χ0v) is 43.5. The number of aryl methyl sites for hydroxylation is 2. The van der Waals surface area contributed by atoms with Gasteiger partial charge in [-0.1, -0.05) is 206 Å². The third kappa shape index (κ3) is 9.62. The van der Waals surface area contributed by atoms with Gasteiger partial charge in [0.2, 0.25) is 0 Å². The van der Waals surface area contributed by atoms with E-state index < -0.39 is 0 Å². The molecule has 78 heavy (non-hydrogen) atoms. The van der Waals surface area contributed by atoms with Crippen molar-refractivity contribution in [2.24, 2.45) is 0 Å². The first-order valence-electron chi connectivity index (χ1n) is 26.6. The Hall–Kier alpha value is -10.1. The Balaban J connectivity index is 0.994.